The van der Waals surface area contributed by atoms with E-state index in [1.807, 2.05) is 50.2 Å². The van der Waals surface area contributed by atoms with Crippen LogP contribution in [-0.4, -0.2) is 37.0 Å². The molecular weight excluding hydrogens is 302 g/mol. The minimum absolute atomic E-state index is 0.115. The molecule has 0 aliphatic rings. The van der Waals surface area contributed by atoms with Crippen LogP contribution in [0.2, 0.25) is 0 Å². The predicted molar refractivity (Wildman–Crippen MR) is 97.5 cm³/mol. The molecule has 0 saturated heterocycles. The molecule has 0 aliphatic heterocycles. The van der Waals surface area contributed by atoms with E-state index in [9.17, 15) is 9.59 Å². The van der Waals surface area contributed by atoms with Gasteiger partial charge in [-0.2, -0.15) is 0 Å². The quantitative estimate of drug-likeness (QED) is 0.719. The fourth-order valence-electron chi connectivity index (χ4n) is 2.41. The number of hydrogen-bond donors (Lipinski definition) is 2. The third-order valence-corrected chi connectivity index (χ3v) is 4.01. The highest BCUT2D eigenvalue weighted by Crippen LogP contribution is 2.22. The monoisotopic (exact) mass is 333 g/mol. The molecular formula is C19H31N3O2. The average Bonchev–Trinajstić information content (AvgIpc) is 2.52. The summed E-state index contributed by atoms with van der Waals surface area (Å²) >= 11 is 0. The van der Waals surface area contributed by atoms with E-state index >= 15 is 0 Å². The Labute approximate surface area is 145 Å². The van der Waals surface area contributed by atoms with Gasteiger partial charge in [0.1, 0.15) is 6.04 Å². The summed E-state index contributed by atoms with van der Waals surface area (Å²) < 4.78 is 0. The van der Waals surface area contributed by atoms with Crippen molar-refractivity contribution in [2.75, 3.05) is 14.1 Å². The largest absolute Gasteiger partial charge is 0.341 e. The summed E-state index contributed by atoms with van der Waals surface area (Å²) in [6.45, 7) is 7.98. The summed E-state index contributed by atoms with van der Waals surface area (Å²) in [5, 5.41) is 5.83. The Hall–Kier alpha value is -1.88. The second-order valence-electron chi connectivity index (χ2n) is 6.80. The van der Waals surface area contributed by atoms with E-state index in [-0.39, 0.29) is 18.0 Å². The lowest BCUT2D eigenvalue weighted by atomic mass is 9.93. The number of benzene rings is 1. The fraction of sp³-hybridized carbons (Fsp3) is 0.579. The smallest absolute Gasteiger partial charge is 0.248 e. The normalized spacial score (nSPS) is 13.7. The number of rotatable bonds is 8. The highest BCUT2D eigenvalue weighted by Gasteiger charge is 2.26. The first kappa shape index (κ1) is 20.2. The molecule has 2 N–H and O–H groups in total. The van der Waals surface area contributed by atoms with Crippen molar-refractivity contribution in [2.24, 2.45) is 5.92 Å². The Bertz CT molecular complexity index is 555. The zero-order chi connectivity index (χ0) is 18.3. The fourth-order valence-corrected chi connectivity index (χ4v) is 2.41. The van der Waals surface area contributed by atoms with Gasteiger partial charge < -0.3 is 10.6 Å². The number of nitrogens with zero attached hydrogens (tertiary/aromatic N) is 1. The molecule has 134 valence electrons. The number of carbonyl (C=O) groups excluding carboxylic acids is 2. The molecule has 1 rings (SSSR count). The molecule has 0 bridgehead atoms. The summed E-state index contributed by atoms with van der Waals surface area (Å²) in [4.78, 5) is 26.7. The lowest BCUT2D eigenvalue weighted by Gasteiger charge is -2.26. The molecule has 0 radical (unpaired) electrons. The summed E-state index contributed by atoms with van der Waals surface area (Å²) in [6, 6.07) is 7.17. The standard InChI is InChI=1S/C19H31N3O2/c1-7-17(23)21-18(19(24)20-14(4)22(5)6)16-11-9-8-10-15(16)12-13(2)3/h8-11,13-14,18H,7,12H2,1-6H3,(H,20,24)(H,21,23)/t14-,18-/m1/s1. The average molecular weight is 333 g/mol. The molecule has 1 aromatic rings. The first-order chi connectivity index (χ1) is 11.3. The van der Waals surface area contributed by atoms with Gasteiger partial charge in [0.05, 0.1) is 6.17 Å². The highest BCUT2D eigenvalue weighted by molar-refractivity contribution is 5.89. The number of hydrogen-bond acceptors (Lipinski definition) is 3. The van der Waals surface area contributed by atoms with Gasteiger partial charge in [0, 0.05) is 6.42 Å². The molecule has 1 aromatic carbocycles. The van der Waals surface area contributed by atoms with Crippen molar-refractivity contribution < 1.29 is 9.59 Å². The van der Waals surface area contributed by atoms with Crippen LogP contribution >= 0.6 is 0 Å². The molecule has 0 unspecified atom stereocenters. The van der Waals surface area contributed by atoms with Crippen molar-refractivity contribution in [3.8, 4) is 0 Å². The van der Waals surface area contributed by atoms with Gasteiger partial charge in [-0.25, -0.2) is 0 Å². The van der Waals surface area contributed by atoms with Gasteiger partial charge in [-0.05, 0) is 44.5 Å². The van der Waals surface area contributed by atoms with Crippen LogP contribution in [0.3, 0.4) is 0 Å². The summed E-state index contributed by atoms with van der Waals surface area (Å²) in [6.07, 6.45) is 1.10. The highest BCUT2D eigenvalue weighted by atomic mass is 16.2. The Morgan fingerprint density at radius 2 is 1.71 bits per heavy atom. The number of carbonyl (C=O) groups is 2. The molecule has 0 aromatic heterocycles. The van der Waals surface area contributed by atoms with Crippen molar-refractivity contribution >= 4 is 11.8 Å². The summed E-state index contributed by atoms with van der Waals surface area (Å²) in [5.41, 5.74) is 1.97. The second kappa shape index (κ2) is 9.42. The first-order valence-electron chi connectivity index (χ1n) is 8.60. The molecule has 2 amide bonds. The Kier molecular flexibility index (Phi) is 7.92. The molecule has 0 spiro atoms. The van der Waals surface area contributed by atoms with Gasteiger partial charge in [-0.1, -0.05) is 45.0 Å². The van der Waals surface area contributed by atoms with Gasteiger partial charge in [0.2, 0.25) is 11.8 Å². The van der Waals surface area contributed by atoms with Crippen molar-refractivity contribution in [3.63, 3.8) is 0 Å². The number of nitrogens with one attached hydrogen (secondary N) is 2. The van der Waals surface area contributed by atoms with Crippen LogP contribution in [0, 0.1) is 5.92 Å². The van der Waals surface area contributed by atoms with Crippen LogP contribution in [0.25, 0.3) is 0 Å². The zero-order valence-electron chi connectivity index (χ0n) is 15.7. The Morgan fingerprint density at radius 1 is 1.08 bits per heavy atom. The van der Waals surface area contributed by atoms with Crippen LogP contribution in [0.1, 0.15) is 51.3 Å². The van der Waals surface area contributed by atoms with Crippen molar-refractivity contribution in [3.05, 3.63) is 35.4 Å². The van der Waals surface area contributed by atoms with E-state index in [0.29, 0.717) is 12.3 Å². The maximum Gasteiger partial charge on any atom is 0.248 e. The van der Waals surface area contributed by atoms with Crippen molar-refractivity contribution in [1.82, 2.24) is 15.5 Å². The van der Waals surface area contributed by atoms with E-state index in [1.54, 1.807) is 6.92 Å². The molecule has 2 atom stereocenters. The van der Waals surface area contributed by atoms with Crippen LogP contribution in [0.5, 0.6) is 0 Å². The topological polar surface area (TPSA) is 61.4 Å². The zero-order valence-corrected chi connectivity index (χ0v) is 15.7. The lowest BCUT2D eigenvalue weighted by molar-refractivity contribution is -0.130. The Balaban J connectivity index is 3.14. The van der Waals surface area contributed by atoms with Crippen molar-refractivity contribution in [1.29, 1.82) is 0 Å². The summed E-state index contributed by atoms with van der Waals surface area (Å²) in [7, 11) is 3.80. The SMILES string of the molecule is CCC(=O)N[C@@H](C(=O)N[C@@H](C)N(C)C)c1ccccc1CC(C)C. The third-order valence-electron chi connectivity index (χ3n) is 4.01. The molecule has 0 aliphatic carbocycles. The van der Waals surface area contributed by atoms with E-state index < -0.39 is 6.04 Å². The third kappa shape index (κ3) is 5.96. The molecule has 0 saturated carbocycles. The van der Waals surface area contributed by atoms with E-state index in [0.717, 1.165) is 17.5 Å². The van der Waals surface area contributed by atoms with Crippen LogP contribution in [-0.2, 0) is 16.0 Å². The van der Waals surface area contributed by atoms with Gasteiger partial charge in [-0.3, -0.25) is 14.5 Å². The molecule has 5 nitrogen and oxygen atoms in total. The maximum absolute atomic E-state index is 12.8. The molecule has 0 fully saturated rings. The Morgan fingerprint density at radius 3 is 2.25 bits per heavy atom. The van der Waals surface area contributed by atoms with Gasteiger partial charge in [0.15, 0.2) is 0 Å². The van der Waals surface area contributed by atoms with E-state index in [1.165, 1.54) is 0 Å². The van der Waals surface area contributed by atoms with Gasteiger partial charge in [-0.15, -0.1) is 0 Å². The first-order valence-corrected chi connectivity index (χ1v) is 8.60. The van der Waals surface area contributed by atoms with Crippen molar-refractivity contribution in [2.45, 2.75) is 52.7 Å². The van der Waals surface area contributed by atoms with Crippen LogP contribution in [0.4, 0.5) is 0 Å². The minimum Gasteiger partial charge on any atom is -0.341 e. The van der Waals surface area contributed by atoms with Gasteiger partial charge >= 0.3 is 0 Å². The summed E-state index contributed by atoms with van der Waals surface area (Å²) in [5.74, 6) is 0.152. The predicted octanol–water partition coefficient (Wildman–Crippen LogP) is 2.48. The van der Waals surface area contributed by atoms with Gasteiger partial charge in [0.25, 0.3) is 0 Å². The number of amides is 2. The lowest BCUT2D eigenvalue weighted by Crippen LogP contribution is -2.48. The van der Waals surface area contributed by atoms with Crippen LogP contribution < -0.4 is 10.6 Å². The maximum atomic E-state index is 12.8. The molecule has 0 heterocycles. The second-order valence-corrected chi connectivity index (χ2v) is 6.80. The minimum atomic E-state index is -0.671. The van der Waals surface area contributed by atoms with E-state index in [2.05, 4.69) is 24.5 Å². The van der Waals surface area contributed by atoms with Crippen LogP contribution in [0.15, 0.2) is 24.3 Å². The molecule has 24 heavy (non-hydrogen) atoms. The van der Waals surface area contributed by atoms with E-state index in [4.69, 9.17) is 0 Å². The molecule has 5 heteroatoms.